The van der Waals surface area contributed by atoms with Crippen LogP contribution in [0.1, 0.15) is 49.1 Å². The smallest absolute Gasteiger partial charge is 0.191 e. The van der Waals surface area contributed by atoms with E-state index in [2.05, 4.69) is 49.8 Å². The van der Waals surface area contributed by atoms with E-state index in [0.717, 1.165) is 63.6 Å². The molecule has 0 bridgehead atoms. The third kappa shape index (κ3) is 7.06. The number of fused-ring (bicyclic) bond motifs is 1. The number of nitrogens with zero attached hydrogens (tertiary/aromatic N) is 4. The molecular weight excluding hydrogens is 471 g/mol. The summed E-state index contributed by atoms with van der Waals surface area (Å²) >= 11 is 1.81. The Morgan fingerprint density at radius 1 is 1.22 bits per heavy atom. The summed E-state index contributed by atoms with van der Waals surface area (Å²) in [6, 6.07) is 4.28. The average Bonchev–Trinajstić information content (AvgIpc) is 3.23. The van der Waals surface area contributed by atoms with E-state index >= 15 is 0 Å². The van der Waals surface area contributed by atoms with Crippen LogP contribution < -0.4 is 10.6 Å². The van der Waals surface area contributed by atoms with Gasteiger partial charge in [0.15, 0.2) is 5.96 Å². The molecule has 0 radical (unpaired) electrons. The topological polar surface area (TPSA) is 67.1 Å². The van der Waals surface area contributed by atoms with E-state index < -0.39 is 0 Å². The van der Waals surface area contributed by atoms with Crippen molar-refractivity contribution in [2.45, 2.75) is 58.4 Å². The van der Waals surface area contributed by atoms with Gasteiger partial charge in [0.25, 0.3) is 0 Å². The van der Waals surface area contributed by atoms with Gasteiger partial charge in [0.2, 0.25) is 0 Å². The summed E-state index contributed by atoms with van der Waals surface area (Å²) < 4.78 is 2.33. The molecule has 0 spiro atoms. The van der Waals surface area contributed by atoms with Crippen molar-refractivity contribution in [2.75, 3.05) is 19.6 Å². The highest BCUT2D eigenvalue weighted by Gasteiger charge is 2.13. The largest absolute Gasteiger partial charge is 0.357 e. The lowest BCUT2D eigenvalue weighted by molar-refractivity contribution is 0.597. The lowest BCUT2D eigenvalue weighted by Gasteiger charge is -2.11. The van der Waals surface area contributed by atoms with Gasteiger partial charge in [-0.15, -0.1) is 45.5 Å². The SMILES string of the molecule is CCNC(=NCCCc1nnc2n1CCCCC2)NCCc1cccs1.I. The Morgan fingerprint density at radius 2 is 2.15 bits per heavy atom. The van der Waals surface area contributed by atoms with Gasteiger partial charge in [-0.25, -0.2) is 0 Å². The van der Waals surface area contributed by atoms with Crippen molar-refractivity contribution in [3.05, 3.63) is 34.0 Å². The molecular formula is C19H31IN6S. The molecule has 0 unspecified atom stereocenters. The van der Waals surface area contributed by atoms with Gasteiger partial charge >= 0.3 is 0 Å². The number of halogens is 1. The Morgan fingerprint density at radius 3 is 2.96 bits per heavy atom. The van der Waals surface area contributed by atoms with Gasteiger partial charge in [0, 0.05) is 43.9 Å². The van der Waals surface area contributed by atoms with Gasteiger partial charge in [-0.05, 0) is 44.1 Å². The minimum Gasteiger partial charge on any atom is -0.357 e. The van der Waals surface area contributed by atoms with E-state index in [1.54, 1.807) is 11.3 Å². The highest BCUT2D eigenvalue weighted by Crippen LogP contribution is 2.15. The van der Waals surface area contributed by atoms with Gasteiger partial charge in [-0.2, -0.15) is 0 Å². The maximum Gasteiger partial charge on any atom is 0.191 e. The zero-order valence-electron chi connectivity index (χ0n) is 16.1. The molecule has 0 saturated heterocycles. The molecule has 1 aliphatic heterocycles. The molecule has 27 heavy (non-hydrogen) atoms. The Kier molecular flexibility index (Phi) is 10.1. The van der Waals surface area contributed by atoms with Crippen molar-refractivity contribution in [3.63, 3.8) is 0 Å². The maximum atomic E-state index is 4.70. The minimum atomic E-state index is 0. The van der Waals surface area contributed by atoms with Gasteiger partial charge in [-0.3, -0.25) is 4.99 Å². The van der Waals surface area contributed by atoms with Crippen LogP contribution in [0.3, 0.4) is 0 Å². The molecule has 0 saturated carbocycles. The first-order valence-corrected chi connectivity index (χ1v) is 10.7. The minimum absolute atomic E-state index is 0. The molecule has 8 heteroatoms. The molecule has 0 atom stereocenters. The second-order valence-corrected chi connectivity index (χ2v) is 7.65. The van der Waals surface area contributed by atoms with Crippen LogP contribution >= 0.6 is 35.3 Å². The van der Waals surface area contributed by atoms with Crippen LogP contribution in [0.2, 0.25) is 0 Å². The number of hydrogen-bond acceptors (Lipinski definition) is 4. The molecule has 3 rings (SSSR count). The standard InChI is InChI=1S/C19H30N6S.HI/c1-2-20-19(22-13-11-16-8-7-15-26-16)21-12-6-10-18-24-23-17-9-4-3-5-14-25(17)18;/h7-8,15H,2-6,9-14H2,1H3,(H2,20,21,22);1H. The number of hydrogen-bond donors (Lipinski definition) is 2. The monoisotopic (exact) mass is 502 g/mol. The molecule has 2 aromatic rings. The molecule has 0 amide bonds. The second kappa shape index (κ2) is 12.3. The van der Waals surface area contributed by atoms with E-state index in [1.807, 2.05) is 0 Å². The number of aliphatic imine (C=N–C) groups is 1. The van der Waals surface area contributed by atoms with Crippen LogP contribution in [0.4, 0.5) is 0 Å². The first-order chi connectivity index (χ1) is 12.9. The molecule has 3 heterocycles. The summed E-state index contributed by atoms with van der Waals surface area (Å²) in [6.07, 6.45) is 7.85. The highest BCUT2D eigenvalue weighted by molar-refractivity contribution is 14.0. The van der Waals surface area contributed by atoms with Crippen LogP contribution in [0.5, 0.6) is 0 Å². The zero-order valence-corrected chi connectivity index (χ0v) is 19.3. The second-order valence-electron chi connectivity index (χ2n) is 6.62. The first-order valence-electron chi connectivity index (χ1n) is 9.82. The molecule has 0 aliphatic carbocycles. The van der Waals surface area contributed by atoms with Crippen molar-refractivity contribution >= 4 is 41.3 Å². The summed E-state index contributed by atoms with van der Waals surface area (Å²) in [6.45, 7) is 5.76. The number of rotatable bonds is 8. The van der Waals surface area contributed by atoms with Crippen molar-refractivity contribution < 1.29 is 0 Å². The van der Waals surface area contributed by atoms with E-state index in [9.17, 15) is 0 Å². The molecule has 1 aliphatic rings. The third-order valence-corrected chi connectivity index (χ3v) is 5.54. The Labute approximate surface area is 183 Å². The van der Waals surface area contributed by atoms with Crippen LogP contribution in [0, 0.1) is 0 Å². The van der Waals surface area contributed by atoms with Crippen LogP contribution in [0.25, 0.3) is 0 Å². The molecule has 0 fully saturated rings. The molecule has 2 aromatic heterocycles. The van der Waals surface area contributed by atoms with E-state index in [4.69, 9.17) is 4.99 Å². The third-order valence-electron chi connectivity index (χ3n) is 4.60. The number of guanidine groups is 1. The lowest BCUT2D eigenvalue weighted by Crippen LogP contribution is -2.38. The molecule has 0 aromatic carbocycles. The summed E-state index contributed by atoms with van der Waals surface area (Å²) in [4.78, 5) is 6.11. The van der Waals surface area contributed by atoms with Gasteiger partial charge in [0.1, 0.15) is 11.6 Å². The van der Waals surface area contributed by atoms with E-state index in [1.165, 1.54) is 30.0 Å². The van der Waals surface area contributed by atoms with E-state index in [0.29, 0.717) is 0 Å². The van der Waals surface area contributed by atoms with Crippen molar-refractivity contribution in [2.24, 2.45) is 4.99 Å². The zero-order chi connectivity index (χ0) is 18.0. The van der Waals surface area contributed by atoms with Gasteiger partial charge in [0.05, 0.1) is 0 Å². The lowest BCUT2D eigenvalue weighted by atomic mass is 10.2. The molecule has 2 N–H and O–H groups in total. The average molecular weight is 502 g/mol. The fourth-order valence-electron chi connectivity index (χ4n) is 3.26. The summed E-state index contributed by atoms with van der Waals surface area (Å²) in [5.41, 5.74) is 0. The predicted molar refractivity (Wildman–Crippen MR) is 123 cm³/mol. The maximum absolute atomic E-state index is 4.70. The molecule has 6 nitrogen and oxygen atoms in total. The summed E-state index contributed by atoms with van der Waals surface area (Å²) in [5.74, 6) is 3.21. The molecule has 150 valence electrons. The van der Waals surface area contributed by atoms with Crippen LogP contribution in [-0.2, 0) is 25.8 Å². The first kappa shape index (κ1) is 22.1. The van der Waals surface area contributed by atoms with Crippen molar-refractivity contribution in [1.29, 1.82) is 0 Å². The van der Waals surface area contributed by atoms with Gasteiger partial charge in [-0.1, -0.05) is 12.5 Å². The van der Waals surface area contributed by atoms with Gasteiger partial charge < -0.3 is 15.2 Å². The summed E-state index contributed by atoms with van der Waals surface area (Å²) in [5, 5.41) is 17.7. The van der Waals surface area contributed by atoms with Crippen LogP contribution in [0.15, 0.2) is 22.5 Å². The quantitative estimate of drug-likeness (QED) is 0.251. The Hall–Kier alpha value is -1.16. The fourth-order valence-corrected chi connectivity index (χ4v) is 3.97. The van der Waals surface area contributed by atoms with E-state index in [-0.39, 0.29) is 24.0 Å². The number of aryl methyl sites for hydroxylation is 2. The van der Waals surface area contributed by atoms with Crippen molar-refractivity contribution in [1.82, 2.24) is 25.4 Å². The highest BCUT2D eigenvalue weighted by atomic mass is 127. The number of thiophene rings is 1. The Balaban J connectivity index is 0.00000261. The number of nitrogens with one attached hydrogen (secondary N) is 2. The fraction of sp³-hybridized carbons (Fsp3) is 0.632. The summed E-state index contributed by atoms with van der Waals surface area (Å²) in [7, 11) is 0. The number of aromatic nitrogens is 3. The van der Waals surface area contributed by atoms with Crippen LogP contribution in [-0.4, -0.2) is 40.4 Å². The normalized spacial score (nSPS) is 14.2. The predicted octanol–water partition coefficient (Wildman–Crippen LogP) is 3.41. The van der Waals surface area contributed by atoms with Crippen molar-refractivity contribution in [3.8, 4) is 0 Å². The Bertz CT molecular complexity index is 682.